The summed E-state index contributed by atoms with van der Waals surface area (Å²) >= 11 is 0. The predicted molar refractivity (Wildman–Crippen MR) is 101 cm³/mol. The largest absolute Gasteiger partial charge is 0.311 e. The summed E-state index contributed by atoms with van der Waals surface area (Å²) in [6.45, 7) is 2.72. The molecule has 0 amide bonds. The molecule has 0 bridgehead atoms. The number of nitrogens with zero attached hydrogens (tertiary/aromatic N) is 5. The van der Waals surface area contributed by atoms with Gasteiger partial charge in [-0.3, -0.25) is 10.1 Å². The number of aryl methyl sites for hydroxylation is 1. The molecule has 5 rings (SSSR count). The van der Waals surface area contributed by atoms with Crippen molar-refractivity contribution in [2.24, 2.45) is 0 Å². The van der Waals surface area contributed by atoms with Crippen LogP contribution >= 0.6 is 0 Å². The third-order valence-electron chi connectivity index (χ3n) is 4.49. The van der Waals surface area contributed by atoms with Crippen molar-refractivity contribution in [1.82, 2.24) is 29.7 Å². The van der Waals surface area contributed by atoms with Gasteiger partial charge >= 0.3 is 0 Å². The SMILES string of the molecule is Cc1ccc2cc(Cn3cnc4ccc(-c5ccn[nH]5)nc43)ccc2n1. The molecule has 0 fully saturated rings. The number of benzene rings is 1. The van der Waals surface area contributed by atoms with Gasteiger partial charge in [0.1, 0.15) is 5.52 Å². The minimum Gasteiger partial charge on any atom is -0.311 e. The highest BCUT2D eigenvalue weighted by Gasteiger charge is 2.09. The number of H-pyrrole nitrogens is 1. The maximum absolute atomic E-state index is 4.76. The van der Waals surface area contributed by atoms with E-state index in [4.69, 9.17) is 4.98 Å². The van der Waals surface area contributed by atoms with Crippen molar-refractivity contribution < 1.29 is 0 Å². The third-order valence-corrected chi connectivity index (χ3v) is 4.49. The Kier molecular flexibility index (Phi) is 3.28. The molecule has 0 aliphatic rings. The highest BCUT2D eigenvalue weighted by molar-refractivity contribution is 5.79. The second-order valence-electron chi connectivity index (χ2n) is 6.36. The number of aromatic nitrogens is 6. The van der Waals surface area contributed by atoms with E-state index in [9.17, 15) is 0 Å². The van der Waals surface area contributed by atoms with Gasteiger partial charge in [0.15, 0.2) is 5.65 Å². The summed E-state index contributed by atoms with van der Waals surface area (Å²) in [7, 11) is 0. The number of nitrogens with one attached hydrogen (secondary N) is 1. The Balaban J connectivity index is 1.54. The van der Waals surface area contributed by atoms with Gasteiger partial charge in [0.2, 0.25) is 0 Å². The van der Waals surface area contributed by atoms with E-state index >= 15 is 0 Å². The average molecular weight is 340 g/mol. The number of aromatic amines is 1. The van der Waals surface area contributed by atoms with E-state index in [1.54, 1.807) is 6.20 Å². The second kappa shape index (κ2) is 5.77. The molecule has 126 valence electrons. The number of hydrogen-bond donors (Lipinski definition) is 1. The molecule has 4 heterocycles. The van der Waals surface area contributed by atoms with Gasteiger partial charge in [-0.05, 0) is 48.9 Å². The van der Waals surface area contributed by atoms with Gasteiger partial charge < -0.3 is 4.57 Å². The first-order valence-corrected chi connectivity index (χ1v) is 8.44. The molecule has 26 heavy (non-hydrogen) atoms. The number of rotatable bonds is 3. The van der Waals surface area contributed by atoms with Gasteiger partial charge in [-0.15, -0.1) is 0 Å². The molecule has 0 unspecified atom stereocenters. The first kappa shape index (κ1) is 14.8. The molecule has 0 atom stereocenters. The molecule has 0 spiro atoms. The van der Waals surface area contributed by atoms with Crippen molar-refractivity contribution in [3.63, 3.8) is 0 Å². The molecule has 0 saturated heterocycles. The van der Waals surface area contributed by atoms with Crippen molar-refractivity contribution in [1.29, 1.82) is 0 Å². The minimum absolute atomic E-state index is 0.708. The van der Waals surface area contributed by atoms with E-state index in [1.165, 1.54) is 5.56 Å². The van der Waals surface area contributed by atoms with Crippen LogP contribution in [-0.4, -0.2) is 29.7 Å². The molecule has 6 nitrogen and oxygen atoms in total. The van der Waals surface area contributed by atoms with Crippen LogP contribution in [0.2, 0.25) is 0 Å². The van der Waals surface area contributed by atoms with Crippen molar-refractivity contribution in [3.05, 3.63) is 72.3 Å². The van der Waals surface area contributed by atoms with Crippen molar-refractivity contribution in [2.75, 3.05) is 0 Å². The number of hydrogen-bond acceptors (Lipinski definition) is 4. The Bertz CT molecular complexity index is 1220. The fourth-order valence-corrected chi connectivity index (χ4v) is 3.18. The van der Waals surface area contributed by atoms with Crippen LogP contribution in [0.15, 0.2) is 61.1 Å². The maximum atomic E-state index is 4.76. The molecule has 0 aliphatic carbocycles. The van der Waals surface area contributed by atoms with E-state index in [0.29, 0.717) is 6.54 Å². The van der Waals surface area contributed by atoms with Crippen LogP contribution in [0.25, 0.3) is 33.5 Å². The summed E-state index contributed by atoms with van der Waals surface area (Å²) in [5, 5.41) is 8.10. The fraction of sp³-hybridized carbons (Fsp3) is 0.100. The zero-order valence-corrected chi connectivity index (χ0v) is 14.2. The van der Waals surface area contributed by atoms with Crippen LogP contribution in [0.4, 0.5) is 0 Å². The molecule has 1 N–H and O–H groups in total. The van der Waals surface area contributed by atoms with Gasteiger partial charge in [0, 0.05) is 17.3 Å². The van der Waals surface area contributed by atoms with Crippen LogP contribution in [0.3, 0.4) is 0 Å². The Labute approximate surface area is 149 Å². The standard InChI is InChI=1S/C20H16N6/c1-13-2-4-15-10-14(3-5-16(15)23-13)11-26-12-21-19-7-6-17(24-20(19)26)18-8-9-22-25-18/h2-10,12H,11H2,1H3,(H,22,25). The number of imidazole rings is 1. The normalized spacial score (nSPS) is 11.4. The quantitative estimate of drug-likeness (QED) is 0.543. The van der Waals surface area contributed by atoms with Gasteiger partial charge in [0.25, 0.3) is 0 Å². The Morgan fingerprint density at radius 3 is 2.77 bits per heavy atom. The summed E-state index contributed by atoms with van der Waals surface area (Å²) in [5.74, 6) is 0. The lowest BCUT2D eigenvalue weighted by Crippen LogP contribution is -2.00. The molecule has 0 saturated carbocycles. The second-order valence-corrected chi connectivity index (χ2v) is 6.36. The van der Waals surface area contributed by atoms with Gasteiger partial charge in [0.05, 0.1) is 29.8 Å². The summed E-state index contributed by atoms with van der Waals surface area (Å²) in [4.78, 5) is 13.8. The summed E-state index contributed by atoms with van der Waals surface area (Å²) in [6.07, 6.45) is 3.56. The van der Waals surface area contributed by atoms with Crippen molar-refractivity contribution in [3.8, 4) is 11.4 Å². The monoisotopic (exact) mass is 340 g/mol. The Morgan fingerprint density at radius 1 is 0.962 bits per heavy atom. The van der Waals surface area contributed by atoms with E-state index in [0.717, 1.165) is 39.1 Å². The predicted octanol–water partition coefficient (Wildman–Crippen LogP) is 3.73. The highest BCUT2D eigenvalue weighted by Crippen LogP contribution is 2.20. The van der Waals surface area contributed by atoms with Crippen LogP contribution in [0, 0.1) is 6.92 Å². The molecule has 1 aromatic carbocycles. The summed E-state index contributed by atoms with van der Waals surface area (Å²) in [5.41, 5.74) is 6.73. The molecule has 0 radical (unpaired) electrons. The van der Waals surface area contributed by atoms with E-state index in [1.807, 2.05) is 37.5 Å². The first-order chi connectivity index (χ1) is 12.8. The van der Waals surface area contributed by atoms with Crippen LogP contribution in [-0.2, 0) is 6.54 Å². The summed E-state index contributed by atoms with van der Waals surface area (Å²) < 4.78 is 2.07. The molecular formula is C20H16N6. The van der Waals surface area contributed by atoms with Crippen LogP contribution < -0.4 is 0 Å². The fourth-order valence-electron chi connectivity index (χ4n) is 3.18. The minimum atomic E-state index is 0.708. The maximum Gasteiger partial charge on any atom is 0.160 e. The van der Waals surface area contributed by atoms with Gasteiger partial charge in [-0.25, -0.2) is 9.97 Å². The Morgan fingerprint density at radius 2 is 1.88 bits per heavy atom. The Hall–Kier alpha value is -3.54. The third kappa shape index (κ3) is 2.52. The molecule has 5 aromatic rings. The number of fused-ring (bicyclic) bond motifs is 2. The highest BCUT2D eigenvalue weighted by atomic mass is 15.1. The zero-order valence-electron chi connectivity index (χ0n) is 14.2. The zero-order chi connectivity index (χ0) is 17.5. The lowest BCUT2D eigenvalue weighted by Gasteiger charge is -2.07. The van der Waals surface area contributed by atoms with Crippen LogP contribution in [0.5, 0.6) is 0 Å². The number of pyridine rings is 2. The average Bonchev–Trinajstić information content (AvgIpc) is 3.32. The smallest absolute Gasteiger partial charge is 0.160 e. The van der Waals surface area contributed by atoms with E-state index < -0.39 is 0 Å². The lowest BCUT2D eigenvalue weighted by atomic mass is 10.1. The first-order valence-electron chi connectivity index (χ1n) is 8.44. The van der Waals surface area contributed by atoms with Crippen molar-refractivity contribution >= 4 is 22.1 Å². The topological polar surface area (TPSA) is 72.3 Å². The van der Waals surface area contributed by atoms with Crippen LogP contribution in [0.1, 0.15) is 11.3 Å². The lowest BCUT2D eigenvalue weighted by molar-refractivity contribution is 0.815. The molecule has 0 aliphatic heterocycles. The molecule has 4 aromatic heterocycles. The molecule has 6 heteroatoms. The van der Waals surface area contributed by atoms with Gasteiger partial charge in [-0.2, -0.15) is 5.10 Å². The summed E-state index contributed by atoms with van der Waals surface area (Å²) in [6, 6.07) is 16.4. The molecular weight excluding hydrogens is 324 g/mol. The van der Waals surface area contributed by atoms with E-state index in [-0.39, 0.29) is 0 Å². The van der Waals surface area contributed by atoms with Gasteiger partial charge in [-0.1, -0.05) is 12.1 Å². The van der Waals surface area contributed by atoms with E-state index in [2.05, 4.69) is 49.0 Å². The van der Waals surface area contributed by atoms with Crippen molar-refractivity contribution in [2.45, 2.75) is 13.5 Å².